The van der Waals surface area contributed by atoms with Gasteiger partial charge in [0.15, 0.2) is 5.54 Å². The highest BCUT2D eigenvalue weighted by Gasteiger charge is 2.45. The van der Waals surface area contributed by atoms with Crippen LogP contribution in [0, 0.1) is 0 Å². The van der Waals surface area contributed by atoms with E-state index in [2.05, 4.69) is 11.9 Å². The van der Waals surface area contributed by atoms with Gasteiger partial charge in [0.1, 0.15) is 0 Å². The molecule has 0 radical (unpaired) electrons. The van der Waals surface area contributed by atoms with E-state index in [1.807, 2.05) is 20.8 Å². The molecule has 1 heterocycles. The van der Waals surface area contributed by atoms with Crippen molar-refractivity contribution in [2.45, 2.75) is 38.3 Å². The smallest absolute Gasteiger partial charge is 0.332 e. The van der Waals surface area contributed by atoms with Crippen molar-refractivity contribution in [2.75, 3.05) is 19.8 Å². The maximum Gasteiger partial charge on any atom is 0.332 e. The van der Waals surface area contributed by atoms with Crippen LogP contribution in [-0.4, -0.2) is 52.8 Å². The number of carbonyl (C=O) groups excluding carboxylic acids is 1. The van der Waals surface area contributed by atoms with Crippen LogP contribution in [0.3, 0.4) is 0 Å². The molecule has 1 saturated heterocycles. The first-order chi connectivity index (χ1) is 8.73. The number of hydrogen-bond donors (Lipinski definition) is 2. The summed E-state index contributed by atoms with van der Waals surface area (Å²) in [5.74, 6) is -1.06. The van der Waals surface area contributed by atoms with Gasteiger partial charge in [0.05, 0.1) is 6.61 Å². The Morgan fingerprint density at radius 1 is 1.53 bits per heavy atom. The first-order valence-electron chi connectivity index (χ1n) is 6.25. The number of amides is 2. The number of rotatable bonds is 4. The fourth-order valence-electron chi connectivity index (χ4n) is 1.95. The van der Waals surface area contributed by atoms with E-state index in [1.165, 1.54) is 0 Å². The number of ether oxygens (including phenoxy) is 1. The Hall–Kier alpha value is -1.56. The number of aliphatic carboxylic acids is 1. The summed E-state index contributed by atoms with van der Waals surface area (Å²) in [6.45, 7) is 9.96. The van der Waals surface area contributed by atoms with Gasteiger partial charge >= 0.3 is 12.0 Å². The molecule has 0 saturated carbocycles. The topological polar surface area (TPSA) is 78.9 Å². The van der Waals surface area contributed by atoms with Gasteiger partial charge in [-0.25, -0.2) is 9.59 Å². The van der Waals surface area contributed by atoms with Crippen LogP contribution in [0.2, 0.25) is 0 Å². The quantitative estimate of drug-likeness (QED) is 0.753. The largest absolute Gasteiger partial charge is 0.479 e. The highest BCUT2D eigenvalue weighted by molar-refractivity contribution is 5.87. The number of hydrogen-bond acceptors (Lipinski definition) is 3. The van der Waals surface area contributed by atoms with Gasteiger partial charge in [-0.15, -0.1) is 6.58 Å². The van der Waals surface area contributed by atoms with Crippen molar-refractivity contribution < 1.29 is 19.4 Å². The van der Waals surface area contributed by atoms with Crippen LogP contribution >= 0.6 is 0 Å². The van der Waals surface area contributed by atoms with Crippen molar-refractivity contribution in [3.63, 3.8) is 0 Å². The van der Waals surface area contributed by atoms with Crippen LogP contribution in [0.15, 0.2) is 12.7 Å². The first kappa shape index (κ1) is 15.5. The SMILES string of the molecule is C=CCN(C(=O)NC1(C(=O)O)CCOC1)C(C)(C)C. The lowest BCUT2D eigenvalue weighted by atomic mass is 9.99. The monoisotopic (exact) mass is 270 g/mol. The molecule has 2 N–H and O–H groups in total. The third-order valence-corrected chi connectivity index (χ3v) is 3.14. The maximum atomic E-state index is 12.3. The molecule has 108 valence electrons. The molecular formula is C13H22N2O4. The number of carboxylic acid groups (broad SMARTS) is 1. The zero-order chi connectivity index (χ0) is 14.7. The minimum Gasteiger partial charge on any atom is -0.479 e. The van der Waals surface area contributed by atoms with Crippen molar-refractivity contribution in [3.8, 4) is 0 Å². The first-order valence-corrected chi connectivity index (χ1v) is 6.25. The Labute approximate surface area is 113 Å². The standard InChI is InChI=1S/C13H22N2O4/c1-5-7-15(12(2,3)4)11(18)14-13(10(16)17)6-8-19-9-13/h5H,1,6-9H2,2-4H3,(H,14,18)(H,16,17). The van der Waals surface area contributed by atoms with E-state index in [4.69, 9.17) is 4.74 Å². The van der Waals surface area contributed by atoms with E-state index >= 15 is 0 Å². The Kier molecular flexibility index (Phi) is 4.57. The van der Waals surface area contributed by atoms with Crippen LogP contribution in [0.4, 0.5) is 4.79 Å². The average Bonchev–Trinajstić information content (AvgIpc) is 2.73. The normalized spacial score (nSPS) is 22.9. The molecule has 1 atom stereocenters. The summed E-state index contributed by atoms with van der Waals surface area (Å²) in [7, 11) is 0. The molecule has 19 heavy (non-hydrogen) atoms. The van der Waals surface area contributed by atoms with Crippen molar-refractivity contribution in [1.82, 2.24) is 10.2 Å². The van der Waals surface area contributed by atoms with Crippen LogP contribution < -0.4 is 5.32 Å². The molecule has 1 aliphatic rings. The summed E-state index contributed by atoms with van der Waals surface area (Å²) in [5, 5.41) is 11.9. The highest BCUT2D eigenvalue weighted by atomic mass is 16.5. The van der Waals surface area contributed by atoms with Gasteiger partial charge in [-0.1, -0.05) is 6.08 Å². The van der Waals surface area contributed by atoms with Crippen molar-refractivity contribution in [3.05, 3.63) is 12.7 Å². The molecular weight excluding hydrogens is 248 g/mol. The molecule has 0 spiro atoms. The van der Waals surface area contributed by atoms with Gasteiger partial charge in [-0.05, 0) is 20.8 Å². The number of carbonyl (C=O) groups is 2. The van der Waals surface area contributed by atoms with E-state index in [9.17, 15) is 14.7 Å². The zero-order valence-electron chi connectivity index (χ0n) is 11.7. The molecule has 0 aromatic heterocycles. The summed E-state index contributed by atoms with van der Waals surface area (Å²) in [4.78, 5) is 25.2. The molecule has 2 amide bonds. The Bertz CT molecular complexity index is 367. The highest BCUT2D eigenvalue weighted by Crippen LogP contribution is 2.21. The third kappa shape index (κ3) is 3.47. The summed E-state index contributed by atoms with van der Waals surface area (Å²) < 4.78 is 5.11. The van der Waals surface area contributed by atoms with Crippen molar-refractivity contribution in [2.24, 2.45) is 0 Å². The zero-order valence-corrected chi connectivity index (χ0v) is 11.7. The molecule has 0 aromatic carbocycles. The second kappa shape index (κ2) is 5.61. The molecule has 6 nitrogen and oxygen atoms in total. The molecule has 0 bridgehead atoms. The predicted molar refractivity (Wildman–Crippen MR) is 71.0 cm³/mol. The fourth-order valence-corrected chi connectivity index (χ4v) is 1.95. The fraction of sp³-hybridized carbons (Fsp3) is 0.692. The summed E-state index contributed by atoms with van der Waals surface area (Å²) >= 11 is 0. The van der Waals surface area contributed by atoms with E-state index in [0.717, 1.165) is 0 Å². The lowest BCUT2D eigenvalue weighted by Crippen LogP contribution is -2.61. The number of nitrogens with zero attached hydrogens (tertiary/aromatic N) is 1. The van der Waals surface area contributed by atoms with Crippen molar-refractivity contribution >= 4 is 12.0 Å². The second-order valence-electron chi connectivity index (χ2n) is 5.69. The van der Waals surface area contributed by atoms with E-state index in [0.29, 0.717) is 13.2 Å². The van der Waals surface area contributed by atoms with E-state index < -0.39 is 23.1 Å². The predicted octanol–water partition coefficient (Wildman–Crippen LogP) is 1.23. The number of carboxylic acids is 1. The van der Waals surface area contributed by atoms with Gasteiger partial charge in [-0.2, -0.15) is 0 Å². The maximum absolute atomic E-state index is 12.3. The molecule has 0 aliphatic carbocycles. The van der Waals surface area contributed by atoms with Gasteiger partial charge < -0.3 is 20.1 Å². The summed E-state index contributed by atoms with van der Waals surface area (Å²) in [6.07, 6.45) is 1.89. The minimum atomic E-state index is -1.32. The van der Waals surface area contributed by atoms with Gasteiger partial charge in [0.2, 0.25) is 0 Å². The number of nitrogens with one attached hydrogen (secondary N) is 1. The Morgan fingerprint density at radius 3 is 2.53 bits per heavy atom. The molecule has 6 heteroatoms. The number of urea groups is 1. The molecule has 1 fully saturated rings. The summed E-state index contributed by atoms with van der Waals surface area (Å²) in [5.41, 5.74) is -1.74. The van der Waals surface area contributed by atoms with Gasteiger partial charge in [-0.3, -0.25) is 0 Å². The van der Waals surface area contributed by atoms with Crippen LogP contribution in [0.1, 0.15) is 27.2 Å². The lowest BCUT2D eigenvalue weighted by molar-refractivity contribution is -0.144. The molecule has 0 aromatic rings. The molecule has 1 unspecified atom stereocenters. The van der Waals surface area contributed by atoms with Crippen LogP contribution in [0.5, 0.6) is 0 Å². The molecule has 1 rings (SSSR count). The van der Waals surface area contributed by atoms with E-state index in [1.54, 1.807) is 11.0 Å². The Balaban J connectivity index is 2.86. The third-order valence-electron chi connectivity index (χ3n) is 3.14. The summed E-state index contributed by atoms with van der Waals surface area (Å²) in [6, 6.07) is -0.416. The van der Waals surface area contributed by atoms with Gasteiger partial charge in [0, 0.05) is 25.1 Å². The lowest BCUT2D eigenvalue weighted by Gasteiger charge is -2.37. The van der Waals surface area contributed by atoms with Crippen LogP contribution in [0.25, 0.3) is 0 Å². The second-order valence-corrected chi connectivity index (χ2v) is 5.69. The van der Waals surface area contributed by atoms with Gasteiger partial charge in [0.25, 0.3) is 0 Å². The Morgan fingerprint density at radius 2 is 2.16 bits per heavy atom. The van der Waals surface area contributed by atoms with Crippen molar-refractivity contribution in [1.29, 1.82) is 0 Å². The molecule has 1 aliphatic heterocycles. The van der Waals surface area contributed by atoms with Crippen LogP contribution in [-0.2, 0) is 9.53 Å². The van der Waals surface area contributed by atoms with E-state index in [-0.39, 0.29) is 13.0 Å². The minimum absolute atomic E-state index is 0.000144. The average molecular weight is 270 g/mol.